The van der Waals surface area contributed by atoms with Gasteiger partial charge in [-0.05, 0) is 62.4 Å². The van der Waals surface area contributed by atoms with E-state index in [9.17, 15) is 13.2 Å². The highest BCUT2D eigenvalue weighted by Gasteiger charge is 2.28. The Morgan fingerprint density at radius 2 is 1.66 bits per heavy atom. The van der Waals surface area contributed by atoms with Crippen LogP contribution in [0, 0.1) is 13.8 Å². The third-order valence-corrected chi connectivity index (χ3v) is 8.83. The first-order valence-corrected chi connectivity index (χ1v) is 14.5. The zero-order valence-electron chi connectivity index (χ0n) is 22.8. The molecular formula is C29H28Cl2N4O5S. The van der Waals surface area contributed by atoms with Crippen LogP contribution in [0.3, 0.4) is 0 Å². The van der Waals surface area contributed by atoms with Crippen molar-refractivity contribution in [3.05, 3.63) is 99.8 Å². The smallest absolute Gasteiger partial charge is 0.264 e. The quantitative estimate of drug-likeness (QED) is 0.181. The maximum absolute atomic E-state index is 13.6. The second kappa shape index (κ2) is 12.7. The van der Waals surface area contributed by atoms with E-state index in [1.54, 1.807) is 36.4 Å². The highest BCUT2D eigenvalue weighted by atomic mass is 35.5. The fourth-order valence-electron chi connectivity index (χ4n) is 4.29. The largest absolute Gasteiger partial charge is 0.493 e. The molecule has 0 saturated carbocycles. The van der Waals surface area contributed by atoms with Crippen molar-refractivity contribution in [1.29, 1.82) is 0 Å². The molecule has 0 radical (unpaired) electrons. The monoisotopic (exact) mass is 614 g/mol. The van der Waals surface area contributed by atoms with Crippen LogP contribution in [-0.2, 0) is 14.8 Å². The van der Waals surface area contributed by atoms with Crippen molar-refractivity contribution >= 4 is 51.0 Å². The van der Waals surface area contributed by atoms with Crippen LogP contribution in [0.25, 0.3) is 5.69 Å². The number of aryl methyl sites for hydroxylation is 1. The molecule has 1 N–H and O–H groups in total. The molecule has 0 aliphatic heterocycles. The number of methoxy groups -OCH3 is 2. The molecular weight excluding hydrogens is 587 g/mol. The van der Waals surface area contributed by atoms with E-state index >= 15 is 0 Å². The Morgan fingerprint density at radius 1 is 0.951 bits per heavy atom. The molecule has 0 spiro atoms. The van der Waals surface area contributed by atoms with E-state index in [1.165, 1.54) is 44.7 Å². The van der Waals surface area contributed by atoms with E-state index in [0.717, 1.165) is 26.9 Å². The summed E-state index contributed by atoms with van der Waals surface area (Å²) in [6.07, 6.45) is 1.50. The summed E-state index contributed by atoms with van der Waals surface area (Å²) >= 11 is 12.3. The Bertz CT molecular complexity index is 1710. The SMILES string of the molecule is COc1ccc(N(CC(=O)N/N=C\c2cc(C)n(-c3ccc(Cl)c(Cl)c3)c2C)S(=O)(=O)c2ccccc2)cc1OC. The van der Waals surface area contributed by atoms with Crippen molar-refractivity contribution in [3.8, 4) is 17.2 Å². The van der Waals surface area contributed by atoms with E-state index in [2.05, 4.69) is 10.5 Å². The fourth-order valence-corrected chi connectivity index (χ4v) is 6.02. The molecule has 0 aliphatic carbocycles. The highest BCUT2D eigenvalue weighted by molar-refractivity contribution is 7.92. The van der Waals surface area contributed by atoms with Crippen LogP contribution in [0.2, 0.25) is 10.0 Å². The van der Waals surface area contributed by atoms with Crippen molar-refractivity contribution in [1.82, 2.24) is 9.99 Å². The number of halogens is 2. The lowest BCUT2D eigenvalue weighted by Crippen LogP contribution is -2.39. The van der Waals surface area contributed by atoms with Crippen LogP contribution in [0.5, 0.6) is 11.5 Å². The number of sulfonamides is 1. The lowest BCUT2D eigenvalue weighted by atomic mass is 10.2. The zero-order valence-corrected chi connectivity index (χ0v) is 25.1. The molecule has 0 saturated heterocycles. The Balaban J connectivity index is 1.59. The van der Waals surface area contributed by atoms with Crippen molar-refractivity contribution < 1.29 is 22.7 Å². The number of benzene rings is 3. The van der Waals surface area contributed by atoms with Crippen LogP contribution < -0.4 is 19.2 Å². The molecule has 0 bridgehead atoms. The number of rotatable bonds is 10. The molecule has 4 rings (SSSR count). The number of carbonyl (C=O) groups is 1. The lowest BCUT2D eigenvalue weighted by Gasteiger charge is -2.24. The standard InChI is InChI=1S/C29H28Cl2N4O5S/c1-19-14-21(20(2)35(19)23-10-12-25(30)26(31)15-23)17-32-33-29(36)18-34(41(37,38)24-8-6-5-7-9-24)22-11-13-27(39-3)28(16-22)40-4/h5-17H,18H2,1-4H3,(H,33,36)/b32-17-. The number of aromatic nitrogens is 1. The van der Waals surface area contributed by atoms with Gasteiger partial charge in [0.05, 0.1) is 41.1 Å². The molecule has 1 heterocycles. The van der Waals surface area contributed by atoms with Crippen molar-refractivity contribution in [3.63, 3.8) is 0 Å². The molecule has 214 valence electrons. The number of hydrogen-bond acceptors (Lipinski definition) is 6. The van der Waals surface area contributed by atoms with Gasteiger partial charge in [0.1, 0.15) is 6.54 Å². The average molecular weight is 616 g/mol. The minimum Gasteiger partial charge on any atom is -0.493 e. The maximum atomic E-state index is 13.6. The minimum absolute atomic E-state index is 0.0285. The maximum Gasteiger partial charge on any atom is 0.264 e. The Labute approximate surface area is 249 Å². The predicted octanol–water partition coefficient (Wildman–Crippen LogP) is 5.76. The normalized spacial score (nSPS) is 11.5. The molecule has 0 fully saturated rings. The van der Waals surface area contributed by atoms with E-state index in [1.807, 2.05) is 30.5 Å². The molecule has 1 amide bonds. The fraction of sp³-hybridized carbons (Fsp3) is 0.172. The third kappa shape index (κ3) is 6.51. The number of amides is 1. The molecule has 3 aromatic carbocycles. The van der Waals surface area contributed by atoms with Gasteiger partial charge in [0, 0.05) is 28.7 Å². The van der Waals surface area contributed by atoms with E-state index < -0.39 is 22.5 Å². The molecule has 0 atom stereocenters. The summed E-state index contributed by atoms with van der Waals surface area (Å²) in [5.74, 6) is 0.0867. The molecule has 0 unspecified atom stereocenters. The van der Waals surface area contributed by atoms with Gasteiger partial charge in [-0.25, -0.2) is 13.8 Å². The third-order valence-electron chi connectivity index (χ3n) is 6.30. The lowest BCUT2D eigenvalue weighted by molar-refractivity contribution is -0.119. The summed E-state index contributed by atoms with van der Waals surface area (Å²) in [7, 11) is -1.20. The van der Waals surface area contributed by atoms with Gasteiger partial charge in [-0.15, -0.1) is 0 Å². The summed E-state index contributed by atoms with van der Waals surface area (Å²) in [5, 5.41) is 4.98. The van der Waals surface area contributed by atoms with Gasteiger partial charge < -0.3 is 14.0 Å². The number of nitrogens with zero attached hydrogens (tertiary/aromatic N) is 3. The van der Waals surface area contributed by atoms with Gasteiger partial charge >= 0.3 is 0 Å². The van der Waals surface area contributed by atoms with E-state index in [-0.39, 0.29) is 10.6 Å². The summed E-state index contributed by atoms with van der Waals surface area (Å²) in [4.78, 5) is 13.0. The van der Waals surface area contributed by atoms with Crippen LogP contribution in [0.15, 0.2) is 82.8 Å². The van der Waals surface area contributed by atoms with Gasteiger partial charge in [0.2, 0.25) is 0 Å². The van der Waals surface area contributed by atoms with E-state index in [4.69, 9.17) is 32.7 Å². The van der Waals surface area contributed by atoms with Gasteiger partial charge in [0.25, 0.3) is 15.9 Å². The molecule has 9 nitrogen and oxygen atoms in total. The summed E-state index contributed by atoms with van der Waals surface area (Å²) in [5.41, 5.74) is 6.02. The van der Waals surface area contributed by atoms with Gasteiger partial charge in [-0.3, -0.25) is 9.10 Å². The summed E-state index contributed by atoms with van der Waals surface area (Å²) in [6, 6.07) is 19.7. The molecule has 12 heteroatoms. The Hall–Kier alpha value is -3.99. The van der Waals surface area contributed by atoms with Crippen LogP contribution in [0.1, 0.15) is 17.0 Å². The van der Waals surface area contributed by atoms with Gasteiger partial charge in [0.15, 0.2) is 11.5 Å². The number of anilines is 1. The second-order valence-corrected chi connectivity index (χ2v) is 11.6. The predicted molar refractivity (Wildman–Crippen MR) is 162 cm³/mol. The second-order valence-electron chi connectivity index (χ2n) is 8.92. The van der Waals surface area contributed by atoms with Crippen molar-refractivity contribution in [2.24, 2.45) is 5.10 Å². The number of hydrogen-bond donors (Lipinski definition) is 1. The summed E-state index contributed by atoms with van der Waals surface area (Å²) < 4.78 is 40.8. The number of ether oxygens (including phenoxy) is 2. The number of carbonyl (C=O) groups excluding carboxylic acids is 1. The minimum atomic E-state index is -4.12. The first-order chi connectivity index (χ1) is 19.6. The van der Waals surface area contributed by atoms with Crippen molar-refractivity contribution in [2.45, 2.75) is 18.7 Å². The summed E-state index contributed by atoms with van der Waals surface area (Å²) in [6.45, 7) is 3.30. The zero-order chi connectivity index (χ0) is 29.7. The van der Waals surface area contributed by atoms with Gasteiger partial charge in [-0.2, -0.15) is 5.10 Å². The highest BCUT2D eigenvalue weighted by Crippen LogP contribution is 2.34. The Kier molecular flexibility index (Phi) is 9.27. The first kappa shape index (κ1) is 30.0. The van der Waals surface area contributed by atoms with Crippen LogP contribution >= 0.6 is 23.2 Å². The molecule has 0 aliphatic rings. The van der Waals surface area contributed by atoms with Crippen LogP contribution in [-0.4, -0.2) is 45.9 Å². The van der Waals surface area contributed by atoms with Crippen LogP contribution in [0.4, 0.5) is 5.69 Å². The molecule has 41 heavy (non-hydrogen) atoms. The van der Waals surface area contributed by atoms with E-state index in [0.29, 0.717) is 21.5 Å². The average Bonchev–Trinajstić information content (AvgIpc) is 3.25. The topological polar surface area (TPSA) is 102 Å². The molecule has 1 aromatic heterocycles. The Morgan fingerprint density at radius 3 is 2.32 bits per heavy atom. The molecule has 4 aromatic rings. The number of nitrogens with one attached hydrogen (secondary N) is 1. The van der Waals surface area contributed by atoms with Gasteiger partial charge in [-0.1, -0.05) is 41.4 Å². The number of hydrazone groups is 1. The van der Waals surface area contributed by atoms with Crippen molar-refractivity contribution in [2.75, 3.05) is 25.1 Å². The first-order valence-electron chi connectivity index (χ1n) is 12.3.